The number of methoxy groups -OCH3 is 1. The highest BCUT2D eigenvalue weighted by atomic mass is 79.9. The van der Waals surface area contributed by atoms with Gasteiger partial charge in [-0.3, -0.25) is 4.79 Å². The molecule has 1 atom stereocenters. The Morgan fingerprint density at radius 3 is 3.09 bits per heavy atom. The summed E-state index contributed by atoms with van der Waals surface area (Å²) in [7, 11) is -2.72. The Kier molecular flexibility index (Phi) is 3.22. The molecule has 0 fully saturated rings. The molecular weight excluding hydrogens is 349 g/mol. The van der Waals surface area contributed by atoms with Crippen molar-refractivity contribution in [3.8, 4) is 5.75 Å². The number of carbonyl (C=O) groups is 1. The van der Waals surface area contributed by atoms with Gasteiger partial charge >= 0.3 is 0 Å². The van der Waals surface area contributed by atoms with Crippen molar-refractivity contribution in [3.05, 3.63) is 63.4 Å². The fraction of sp³-hybridized carbons (Fsp3) is 0.235. The zero-order chi connectivity index (χ0) is 18.2. The van der Waals surface area contributed by atoms with E-state index in [1.54, 1.807) is 0 Å². The van der Waals surface area contributed by atoms with Gasteiger partial charge < -0.3 is 10.1 Å². The van der Waals surface area contributed by atoms with Crippen LogP contribution in [0, 0.1) is 5.82 Å². The fourth-order valence-corrected chi connectivity index (χ4v) is 3.15. The molecule has 1 N–H and O–H groups in total. The van der Waals surface area contributed by atoms with Gasteiger partial charge in [0.2, 0.25) is 0 Å². The Morgan fingerprint density at radius 2 is 2.27 bits per heavy atom. The standard InChI is InChI=1S/C17H15BrFNO2/c1-22-16-7-4-12(19)9-14(16)17(21)20-15-6-2-10-8-11(18)3-5-13(10)15/h3-5,7-9,15H,2,6H2,1H3,(H,20,21)/i1D3. The number of ether oxygens (including phenoxy) is 1. The highest BCUT2D eigenvalue weighted by Crippen LogP contribution is 2.33. The lowest BCUT2D eigenvalue weighted by Gasteiger charge is -2.15. The number of aryl methyl sites for hydroxylation is 1. The van der Waals surface area contributed by atoms with Gasteiger partial charge in [-0.1, -0.05) is 22.0 Å². The molecule has 0 aromatic heterocycles. The van der Waals surface area contributed by atoms with E-state index < -0.39 is 18.8 Å². The van der Waals surface area contributed by atoms with E-state index in [0.29, 0.717) is 0 Å². The van der Waals surface area contributed by atoms with Crippen LogP contribution >= 0.6 is 15.9 Å². The van der Waals surface area contributed by atoms with Crippen LogP contribution in [0.3, 0.4) is 0 Å². The lowest BCUT2D eigenvalue weighted by Crippen LogP contribution is -2.27. The lowest BCUT2D eigenvalue weighted by molar-refractivity contribution is 0.0933. The van der Waals surface area contributed by atoms with Crippen LogP contribution in [0.4, 0.5) is 4.39 Å². The summed E-state index contributed by atoms with van der Waals surface area (Å²) in [5, 5.41) is 2.84. The Hall–Kier alpha value is -1.88. The summed E-state index contributed by atoms with van der Waals surface area (Å²) >= 11 is 3.42. The lowest BCUT2D eigenvalue weighted by atomic mass is 10.1. The van der Waals surface area contributed by atoms with E-state index in [-0.39, 0.29) is 17.4 Å². The molecule has 3 rings (SSSR count). The summed E-state index contributed by atoms with van der Waals surface area (Å²) < 4.78 is 40.9. The molecule has 3 nitrogen and oxygen atoms in total. The molecule has 2 aromatic carbocycles. The molecule has 0 saturated heterocycles. The first kappa shape index (κ1) is 11.7. The van der Waals surface area contributed by atoms with E-state index >= 15 is 0 Å². The minimum absolute atomic E-state index is 0.137. The van der Waals surface area contributed by atoms with Crippen molar-refractivity contribution in [2.24, 2.45) is 0 Å². The number of halogens is 2. The van der Waals surface area contributed by atoms with Gasteiger partial charge in [-0.15, -0.1) is 0 Å². The van der Waals surface area contributed by atoms with Crippen LogP contribution in [0.1, 0.15) is 38.1 Å². The van der Waals surface area contributed by atoms with Gasteiger partial charge in [-0.05, 0) is 54.3 Å². The third-order valence-corrected chi connectivity index (χ3v) is 4.28. The molecule has 22 heavy (non-hydrogen) atoms. The van der Waals surface area contributed by atoms with Gasteiger partial charge in [0.15, 0.2) is 0 Å². The van der Waals surface area contributed by atoms with Gasteiger partial charge in [0.25, 0.3) is 5.91 Å². The molecule has 2 aromatic rings. The highest BCUT2D eigenvalue weighted by molar-refractivity contribution is 9.10. The number of amides is 1. The van der Waals surface area contributed by atoms with E-state index in [0.717, 1.165) is 46.6 Å². The number of benzene rings is 2. The predicted octanol–water partition coefficient (Wildman–Crippen LogP) is 4.01. The summed E-state index contributed by atoms with van der Waals surface area (Å²) in [5.74, 6) is -1.38. The van der Waals surface area contributed by atoms with Gasteiger partial charge in [0, 0.05) is 4.47 Å². The largest absolute Gasteiger partial charge is 0.496 e. The topological polar surface area (TPSA) is 38.3 Å². The van der Waals surface area contributed by atoms with Crippen molar-refractivity contribution in [2.75, 3.05) is 7.04 Å². The van der Waals surface area contributed by atoms with Crippen LogP contribution in [0.25, 0.3) is 0 Å². The average molecular weight is 367 g/mol. The first-order chi connectivity index (χ1) is 11.7. The quantitative estimate of drug-likeness (QED) is 0.890. The zero-order valence-electron chi connectivity index (χ0n) is 14.5. The molecule has 1 amide bonds. The molecular formula is C17H15BrFNO2. The van der Waals surface area contributed by atoms with Crippen LogP contribution in [-0.4, -0.2) is 12.9 Å². The zero-order valence-corrected chi connectivity index (χ0v) is 13.1. The second-order valence-electron chi connectivity index (χ2n) is 5.15. The molecule has 0 saturated carbocycles. The first-order valence-corrected chi connectivity index (χ1v) is 7.60. The molecule has 114 valence electrons. The fourth-order valence-electron chi connectivity index (χ4n) is 2.74. The number of hydrogen-bond acceptors (Lipinski definition) is 2. The van der Waals surface area contributed by atoms with E-state index in [9.17, 15) is 9.18 Å². The monoisotopic (exact) mass is 366 g/mol. The van der Waals surface area contributed by atoms with Crippen LogP contribution in [-0.2, 0) is 6.42 Å². The minimum atomic E-state index is -2.72. The number of nitrogens with one attached hydrogen (secondary N) is 1. The molecule has 0 radical (unpaired) electrons. The maximum absolute atomic E-state index is 13.6. The molecule has 1 unspecified atom stereocenters. The SMILES string of the molecule is [2H]C([2H])([2H])Oc1ccc(F)cc1C(=O)NC1CCc2cc(Br)ccc21. The molecule has 5 heteroatoms. The van der Waals surface area contributed by atoms with Crippen molar-refractivity contribution >= 4 is 21.8 Å². The molecule has 0 bridgehead atoms. The van der Waals surface area contributed by atoms with Gasteiger partial charge in [0.1, 0.15) is 11.6 Å². The number of hydrogen-bond donors (Lipinski definition) is 1. The summed E-state index contributed by atoms with van der Waals surface area (Å²) in [6.07, 6.45) is 1.55. The second-order valence-corrected chi connectivity index (χ2v) is 6.07. The molecule has 1 aliphatic rings. The summed E-state index contributed by atoms with van der Waals surface area (Å²) in [6.45, 7) is 0. The summed E-state index contributed by atoms with van der Waals surface area (Å²) in [6, 6.07) is 8.81. The maximum atomic E-state index is 13.6. The van der Waals surface area contributed by atoms with Crippen LogP contribution in [0.15, 0.2) is 40.9 Å². The van der Waals surface area contributed by atoms with Crippen molar-refractivity contribution in [1.82, 2.24) is 5.32 Å². The Balaban J connectivity index is 1.84. The third-order valence-electron chi connectivity index (χ3n) is 3.78. The van der Waals surface area contributed by atoms with Crippen molar-refractivity contribution in [1.29, 1.82) is 0 Å². The summed E-state index contributed by atoms with van der Waals surface area (Å²) in [5.41, 5.74) is 2.01. The highest BCUT2D eigenvalue weighted by Gasteiger charge is 2.25. The predicted molar refractivity (Wildman–Crippen MR) is 85.6 cm³/mol. The summed E-state index contributed by atoms with van der Waals surface area (Å²) in [4.78, 5) is 12.6. The number of carbonyl (C=O) groups excluding carboxylic acids is 1. The smallest absolute Gasteiger partial charge is 0.255 e. The van der Waals surface area contributed by atoms with Crippen LogP contribution in [0.2, 0.25) is 0 Å². The minimum Gasteiger partial charge on any atom is -0.496 e. The molecule has 1 aliphatic carbocycles. The Morgan fingerprint density at radius 1 is 1.41 bits per heavy atom. The van der Waals surface area contributed by atoms with Crippen LogP contribution < -0.4 is 10.1 Å². The normalized spacial score (nSPS) is 18.8. The van der Waals surface area contributed by atoms with E-state index in [4.69, 9.17) is 8.85 Å². The van der Waals surface area contributed by atoms with Crippen molar-refractivity contribution in [3.63, 3.8) is 0 Å². The van der Waals surface area contributed by atoms with Crippen molar-refractivity contribution in [2.45, 2.75) is 18.9 Å². The number of rotatable bonds is 3. The van der Waals surface area contributed by atoms with Crippen LogP contribution in [0.5, 0.6) is 5.75 Å². The molecule has 0 heterocycles. The number of fused-ring (bicyclic) bond motifs is 1. The van der Waals surface area contributed by atoms with Gasteiger partial charge in [-0.25, -0.2) is 4.39 Å². The first-order valence-electron chi connectivity index (χ1n) is 8.31. The second kappa shape index (κ2) is 6.08. The molecule has 0 spiro atoms. The Labute approximate surface area is 140 Å². The van der Waals surface area contributed by atoms with E-state index in [1.807, 2.05) is 18.2 Å². The van der Waals surface area contributed by atoms with Gasteiger partial charge in [0.05, 0.1) is 22.8 Å². The van der Waals surface area contributed by atoms with E-state index in [2.05, 4.69) is 21.2 Å². The molecule has 0 aliphatic heterocycles. The Bertz CT molecular complexity index is 826. The third kappa shape index (κ3) is 2.86. The van der Waals surface area contributed by atoms with E-state index in [1.165, 1.54) is 0 Å². The van der Waals surface area contributed by atoms with Crippen molar-refractivity contribution < 1.29 is 18.0 Å². The maximum Gasteiger partial charge on any atom is 0.255 e. The van der Waals surface area contributed by atoms with Gasteiger partial charge in [-0.2, -0.15) is 0 Å². The average Bonchev–Trinajstić information content (AvgIpc) is 2.89.